The fourth-order valence-corrected chi connectivity index (χ4v) is 2.74. The zero-order chi connectivity index (χ0) is 13.7. The minimum Gasteiger partial charge on any atom is -0.394 e. The van der Waals surface area contributed by atoms with Crippen LogP contribution in [0, 0.1) is 0 Å². The van der Waals surface area contributed by atoms with Gasteiger partial charge in [0.25, 0.3) is 0 Å². The van der Waals surface area contributed by atoms with Gasteiger partial charge in [-0.3, -0.25) is 0 Å². The Morgan fingerprint density at radius 3 is 2.84 bits per heavy atom. The lowest BCUT2D eigenvalue weighted by molar-refractivity contribution is 0.128. The summed E-state index contributed by atoms with van der Waals surface area (Å²) in [4.78, 5) is 6.95. The summed E-state index contributed by atoms with van der Waals surface area (Å²) < 4.78 is 7.24. The highest BCUT2D eigenvalue weighted by atomic mass is 16.5. The second-order valence-electron chi connectivity index (χ2n) is 5.33. The molecule has 108 valence electrons. The third-order valence-corrected chi connectivity index (χ3v) is 4.00. The number of aliphatic hydroxyl groups is 1. The van der Waals surface area contributed by atoms with E-state index in [9.17, 15) is 5.11 Å². The van der Waals surface area contributed by atoms with Gasteiger partial charge in [0.1, 0.15) is 5.82 Å². The molecule has 0 spiro atoms. The number of nitrogens with zero attached hydrogens (tertiary/aromatic N) is 3. The number of hydrogen-bond acceptors (Lipinski definition) is 4. The molecule has 0 bridgehead atoms. The van der Waals surface area contributed by atoms with Gasteiger partial charge in [0.15, 0.2) is 0 Å². The number of methoxy groups -OCH3 is 1. The summed E-state index contributed by atoms with van der Waals surface area (Å²) in [5.74, 6) is 1.65. The van der Waals surface area contributed by atoms with E-state index in [0.717, 1.165) is 44.9 Å². The molecule has 0 aliphatic carbocycles. The molecule has 1 atom stereocenters. The van der Waals surface area contributed by atoms with Crippen LogP contribution in [0.1, 0.15) is 37.5 Å². The third kappa shape index (κ3) is 3.55. The van der Waals surface area contributed by atoms with Crippen molar-refractivity contribution in [2.75, 3.05) is 40.0 Å². The molecule has 1 N–H and O–H groups in total. The van der Waals surface area contributed by atoms with Crippen molar-refractivity contribution in [3.8, 4) is 0 Å². The SMILES string of the molecule is COCCN1CCC(c2nccn2C(C)CO)CC1. The van der Waals surface area contributed by atoms with Gasteiger partial charge in [-0.05, 0) is 32.9 Å². The van der Waals surface area contributed by atoms with Gasteiger partial charge in [0.2, 0.25) is 0 Å². The van der Waals surface area contributed by atoms with E-state index in [2.05, 4.69) is 14.5 Å². The van der Waals surface area contributed by atoms with Gasteiger partial charge < -0.3 is 19.3 Å². The number of rotatable bonds is 6. The van der Waals surface area contributed by atoms with Crippen molar-refractivity contribution in [2.45, 2.75) is 31.7 Å². The van der Waals surface area contributed by atoms with Crippen LogP contribution >= 0.6 is 0 Å². The van der Waals surface area contributed by atoms with Crippen LogP contribution in [0.25, 0.3) is 0 Å². The summed E-state index contributed by atoms with van der Waals surface area (Å²) in [6.45, 7) is 6.23. The summed E-state index contributed by atoms with van der Waals surface area (Å²) in [7, 11) is 1.75. The van der Waals surface area contributed by atoms with Crippen LogP contribution in [-0.4, -0.2) is 59.5 Å². The normalized spacial score (nSPS) is 19.7. The molecule has 0 radical (unpaired) electrons. The first-order valence-electron chi connectivity index (χ1n) is 7.11. The molecule has 0 aromatic carbocycles. The highest BCUT2D eigenvalue weighted by Crippen LogP contribution is 2.28. The molecular formula is C14H25N3O2. The molecular weight excluding hydrogens is 242 g/mol. The summed E-state index contributed by atoms with van der Waals surface area (Å²) in [5, 5.41) is 9.30. The maximum atomic E-state index is 9.30. The van der Waals surface area contributed by atoms with Crippen LogP contribution in [0.2, 0.25) is 0 Å². The number of hydrogen-bond donors (Lipinski definition) is 1. The number of piperidine rings is 1. The van der Waals surface area contributed by atoms with E-state index in [1.165, 1.54) is 0 Å². The molecule has 1 aliphatic rings. The molecule has 5 heteroatoms. The molecule has 1 unspecified atom stereocenters. The smallest absolute Gasteiger partial charge is 0.112 e. The fraction of sp³-hybridized carbons (Fsp3) is 0.786. The standard InChI is InChI=1S/C14H25N3O2/c1-12(11-18)17-8-5-15-14(17)13-3-6-16(7-4-13)9-10-19-2/h5,8,12-13,18H,3-4,6-7,9-11H2,1-2H3. The Hall–Kier alpha value is -0.910. The number of aromatic nitrogens is 2. The Labute approximate surface area is 115 Å². The van der Waals surface area contributed by atoms with E-state index >= 15 is 0 Å². The molecule has 1 aromatic heterocycles. The monoisotopic (exact) mass is 267 g/mol. The Morgan fingerprint density at radius 1 is 1.47 bits per heavy atom. The van der Waals surface area contributed by atoms with Crippen molar-refractivity contribution < 1.29 is 9.84 Å². The number of likely N-dealkylation sites (tertiary alicyclic amines) is 1. The van der Waals surface area contributed by atoms with E-state index in [4.69, 9.17) is 4.74 Å². The Bertz CT molecular complexity index is 373. The van der Waals surface area contributed by atoms with E-state index in [0.29, 0.717) is 5.92 Å². The highest BCUT2D eigenvalue weighted by molar-refractivity contribution is 5.04. The van der Waals surface area contributed by atoms with Crippen LogP contribution in [-0.2, 0) is 4.74 Å². The van der Waals surface area contributed by atoms with Crippen LogP contribution in [0.4, 0.5) is 0 Å². The van der Waals surface area contributed by atoms with Crippen molar-refractivity contribution in [2.24, 2.45) is 0 Å². The van der Waals surface area contributed by atoms with Crippen LogP contribution in [0.15, 0.2) is 12.4 Å². The average molecular weight is 267 g/mol. The van der Waals surface area contributed by atoms with Gasteiger partial charge in [-0.2, -0.15) is 0 Å². The molecule has 1 saturated heterocycles. The minimum absolute atomic E-state index is 0.115. The number of imidazole rings is 1. The van der Waals surface area contributed by atoms with Crippen LogP contribution in [0.3, 0.4) is 0 Å². The van der Waals surface area contributed by atoms with Gasteiger partial charge in [-0.25, -0.2) is 4.98 Å². The maximum absolute atomic E-state index is 9.30. The van der Waals surface area contributed by atoms with Gasteiger partial charge in [0.05, 0.1) is 19.3 Å². The summed E-state index contributed by atoms with van der Waals surface area (Å²) in [6, 6.07) is 0.115. The Morgan fingerprint density at radius 2 is 2.21 bits per heavy atom. The minimum atomic E-state index is 0.115. The Kier molecular flexibility index (Phi) is 5.36. The van der Waals surface area contributed by atoms with Crippen LogP contribution in [0.5, 0.6) is 0 Å². The first-order chi connectivity index (χ1) is 9.26. The maximum Gasteiger partial charge on any atom is 0.112 e. The zero-order valence-corrected chi connectivity index (χ0v) is 12.0. The average Bonchev–Trinajstić information content (AvgIpc) is 2.94. The van der Waals surface area contributed by atoms with Crippen molar-refractivity contribution >= 4 is 0 Å². The van der Waals surface area contributed by atoms with Gasteiger partial charge in [0, 0.05) is 32.0 Å². The predicted molar refractivity (Wildman–Crippen MR) is 74.3 cm³/mol. The lowest BCUT2D eigenvalue weighted by atomic mass is 9.95. The molecule has 2 rings (SSSR count). The molecule has 1 fully saturated rings. The van der Waals surface area contributed by atoms with E-state index in [1.54, 1.807) is 7.11 Å². The first-order valence-corrected chi connectivity index (χ1v) is 7.11. The van der Waals surface area contributed by atoms with E-state index < -0.39 is 0 Å². The lowest BCUT2D eigenvalue weighted by Crippen LogP contribution is -2.36. The number of ether oxygens (including phenoxy) is 1. The van der Waals surface area contributed by atoms with Gasteiger partial charge in [-0.15, -0.1) is 0 Å². The largest absolute Gasteiger partial charge is 0.394 e. The highest BCUT2D eigenvalue weighted by Gasteiger charge is 2.24. The van der Waals surface area contributed by atoms with Crippen molar-refractivity contribution in [3.63, 3.8) is 0 Å². The summed E-state index contributed by atoms with van der Waals surface area (Å²) in [6.07, 6.45) is 6.10. The first kappa shape index (κ1) is 14.5. The Balaban J connectivity index is 1.92. The van der Waals surface area contributed by atoms with Crippen LogP contribution < -0.4 is 0 Å². The lowest BCUT2D eigenvalue weighted by Gasteiger charge is -2.32. The predicted octanol–water partition coefficient (Wildman–Crippen LogP) is 1.26. The van der Waals surface area contributed by atoms with Gasteiger partial charge in [-0.1, -0.05) is 0 Å². The second kappa shape index (κ2) is 7.03. The second-order valence-corrected chi connectivity index (χ2v) is 5.33. The molecule has 2 heterocycles. The quantitative estimate of drug-likeness (QED) is 0.843. The van der Waals surface area contributed by atoms with Crippen molar-refractivity contribution in [3.05, 3.63) is 18.2 Å². The molecule has 1 aliphatic heterocycles. The molecule has 0 saturated carbocycles. The molecule has 19 heavy (non-hydrogen) atoms. The zero-order valence-electron chi connectivity index (χ0n) is 12.0. The number of aliphatic hydroxyl groups excluding tert-OH is 1. The van der Waals surface area contributed by atoms with Crippen molar-refractivity contribution in [1.82, 2.24) is 14.5 Å². The molecule has 1 aromatic rings. The molecule has 5 nitrogen and oxygen atoms in total. The van der Waals surface area contributed by atoms with Crippen molar-refractivity contribution in [1.29, 1.82) is 0 Å². The molecule has 0 amide bonds. The topological polar surface area (TPSA) is 50.5 Å². The fourth-order valence-electron chi connectivity index (χ4n) is 2.74. The third-order valence-electron chi connectivity index (χ3n) is 4.00. The summed E-state index contributed by atoms with van der Waals surface area (Å²) >= 11 is 0. The van der Waals surface area contributed by atoms with Gasteiger partial charge >= 0.3 is 0 Å². The summed E-state index contributed by atoms with van der Waals surface area (Å²) in [5.41, 5.74) is 0. The van der Waals surface area contributed by atoms with E-state index in [1.807, 2.05) is 19.3 Å². The van der Waals surface area contributed by atoms with E-state index in [-0.39, 0.29) is 12.6 Å².